The zero-order valence-corrected chi connectivity index (χ0v) is 12.6. The molecule has 0 fully saturated rings. The van der Waals surface area contributed by atoms with Gasteiger partial charge in [0.05, 0.1) is 0 Å². The summed E-state index contributed by atoms with van der Waals surface area (Å²) in [7, 11) is 1.66. The highest BCUT2D eigenvalue weighted by Crippen LogP contribution is 2.29. The van der Waals surface area contributed by atoms with Crippen molar-refractivity contribution in [1.29, 1.82) is 0 Å². The van der Waals surface area contributed by atoms with Crippen LogP contribution in [-0.4, -0.2) is 30.4 Å². The van der Waals surface area contributed by atoms with E-state index in [-0.39, 0.29) is 5.91 Å². The first-order valence-corrected chi connectivity index (χ1v) is 7.40. The SMILES string of the molecule is CCCc1cccc2c1CN(C(CCC=O)ONC)C2=O. The molecule has 0 spiro atoms. The lowest BCUT2D eigenvalue weighted by Gasteiger charge is -2.26. The Kier molecular flexibility index (Phi) is 5.47. The van der Waals surface area contributed by atoms with Crippen LogP contribution in [0.4, 0.5) is 0 Å². The van der Waals surface area contributed by atoms with Crippen molar-refractivity contribution in [2.24, 2.45) is 0 Å². The van der Waals surface area contributed by atoms with Crippen LogP contribution in [0, 0.1) is 0 Å². The number of hydrogen-bond donors (Lipinski definition) is 1. The number of fused-ring (bicyclic) bond motifs is 1. The number of carbonyl (C=O) groups is 2. The van der Waals surface area contributed by atoms with Crippen molar-refractivity contribution in [3.8, 4) is 0 Å². The predicted octanol–water partition coefficient (Wildman–Crippen LogP) is 2.05. The van der Waals surface area contributed by atoms with E-state index in [4.69, 9.17) is 4.84 Å². The highest BCUT2D eigenvalue weighted by atomic mass is 16.7. The maximum Gasteiger partial charge on any atom is 0.256 e. The molecule has 0 saturated carbocycles. The van der Waals surface area contributed by atoms with E-state index in [1.807, 2.05) is 12.1 Å². The Morgan fingerprint density at radius 2 is 2.29 bits per heavy atom. The van der Waals surface area contributed by atoms with Crippen LogP contribution in [0.1, 0.15) is 47.7 Å². The summed E-state index contributed by atoms with van der Waals surface area (Å²) in [5.74, 6) is -0.0193. The largest absolute Gasteiger partial charge is 0.307 e. The number of benzene rings is 1. The third kappa shape index (κ3) is 3.31. The molecule has 0 aliphatic carbocycles. The van der Waals surface area contributed by atoms with Gasteiger partial charge in [0.1, 0.15) is 6.29 Å². The minimum Gasteiger partial charge on any atom is -0.307 e. The lowest BCUT2D eigenvalue weighted by molar-refractivity contribution is -0.113. The summed E-state index contributed by atoms with van der Waals surface area (Å²) in [6, 6.07) is 5.88. The summed E-state index contributed by atoms with van der Waals surface area (Å²) in [5.41, 5.74) is 5.72. The van der Waals surface area contributed by atoms with Crippen LogP contribution in [0.3, 0.4) is 0 Å². The molecule has 1 amide bonds. The Balaban J connectivity index is 2.22. The molecule has 21 heavy (non-hydrogen) atoms. The Labute approximate surface area is 125 Å². The molecule has 1 unspecified atom stereocenters. The molecule has 2 rings (SSSR count). The van der Waals surface area contributed by atoms with Gasteiger partial charge >= 0.3 is 0 Å². The van der Waals surface area contributed by atoms with Gasteiger partial charge in [0.25, 0.3) is 5.91 Å². The lowest BCUT2D eigenvalue weighted by atomic mass is 10.00. The van der Waals surface area contributed by atoms with Gasteiger partial charge in [-0.15, -0.1) is 0 Å². The predicted molar refractivity (Wildman–Crippen MR) is 79.5 cm³/mol. The molecule has 1 aliphatic rings. The van der Waals surface area contributed by atoms with Crippen LogP contribution in [0.2, 0.25) is 0 Å². The molecule has 1 heterocycles. The van der Waals surface area contributed by atoms with E-state index < -0.39 is 6.23 Å². The van der Waals surface area contributed by atoms with Crippen molar-refractivity contribution in [2.75, 3.05) is 7.05 Å². The third-order valence-corrected chi connectivity index (χ3v) is 3.75. The summed E-state index contributed by atoms with van der Waals surface area (Å²) >= 11 is 0. The maximum absolute atomic E-state index is 12.6. The number of carbonyl (C=O) groups excluding carboxylic acids is 2. The fourth-order valence-electron chi connectivity index (χ4n) is 2.78. The van der Waals surface area contributed by atoms with Crippen LogP contribution >= 0.6 is 0 Å². The molecule has 0 bridgehead atoms. The van der Waals surface area contributed by atoms with Crippen molar-refractivity contribution in [3.63, 3.8) is 0 Å². The van der Waals surface area contributed by atoms with Crippen molar-refractivity contribution in [3.05, 3.63) is 34.9 Å². The number of aldehydes is 1. The van der Waals surface area contributed by atoms with E-state index >= 15 is 0 Å². The van der Waals surface area contributed by atoms with Gasteiger partial charge in [0.2, 0.25) is 0 Å². The van der Waals surface area contributed by atoms with E-state index in [9.17, 15) is 9.59 Å². The van der Waals surface area contributed by atoms with E-state index in [0.717, 1.165) is 30.3 Å². The zero-order valence-electron chi connectivity index (χ0n) is 12.6. The second-order valence-corrected chi connectivity index (χ2v) is 5.15. The van der Waals surface area contributed by atoms with Crippen LogP contribution < -0.4 is 5.48 Å². The Morgan fingerprint density at radius 3 is 2.95 bits per heavy atom. The molecular formula is C16H22N2O3. The van der Waals surface area contributed by atoms with Crippen LogP contribution in [0.5, 0.6) is 0 Å². The van der Waals surface area contributed by atoms with E-state index in [0.29, 0.717) is 19.4 Å². The summed E-state index contributed by atoms with van der Waals surface area (Å²) in [4.78, 5) is 30.3. The normalized spacial score (nSPS) is 15.1. The van der Waals surface area contributed by atoms with Crippen molar-refractivity contribution < 1.29 is 14.4 Å². The smallest absolute Gasteiger partial charge is 0.256 e. The minimum absolute atomic E-state index is 0.0193. The maximum atomic E-state index is 12.6. The van der Waals surface area contributed by atoms with Gasteiger partial charge in [-0.2, -0.15) is 0 Å². The molecule has 1 atom stereocenters. The van der Waals surface area contributed by atoms with Gasteiger partial charge in [-0.3, -0.25) is 9.63 Å². The highest BCUT2D eigenvalue weighted by molar-refractivity contribution is 5.98. The topological polar surface area (TPSA) is 58.6 Å². The molecular weight excluding hydrogens is 268 g/mol. The first kappa shape index (κ1) is 15.7. The fraction of sp³-hybridized carbons (Fsp3) is 0.500. The number of nitrogens with zero attached hydrogens (tertiary/aromatic N) is 1. The van der Waals surface area contributed by atoms with Gasteiger partial charge in [0.15, 0.2) is 6.23 Å². The quantitative estimate of drug-likeness (QED) is 0.588. The summed E-state index contributed by atoms with van der Waals surface area (Å²) in [5, 5.41) is 0. The van der Waals surface area contributed by atoms with Gasteiger partial charge < -0.3 is 9.69 Å². The highest BCUT2D eigenvalue weighted by Gasteiger charge is 2.34. The molecule has 0 saturated heterocycles. The molecule has 114 valence electrons. The monoisotopic (exact) mass is 290 g/mol. The second kappa shape index (κ2) is 7.33. The Hall–Kier alpha value is -1.72. The van der Waals surface area contributed by atoms with E-state index in [1.165, 1.54) is 5.56 Å². The molecule has 0 radical (unpaired) electrons. The average Bonchev–Trinajstić information content (AvgIpc) is 2.82. The Morgan fingerprint density at radius 1 is 1.48 bits per heavy atom. The average molecular weight is 290 g/mol. The number of hydrogen-bond acceptors (Lipinski definition) is 4. The number of nitrogens with one attached hydrogen (secondary N) is 1. The molecule has 1 aromatic carbocycles. The lowest BCUT2D eigenvalue weighted by Crippen LogP contribution is -2.40. The van der Waals surface area contributed by atoms with Crippen molar-refractivity contribution >= 4 is 12.2 Å². The number of amides is 1. The molecule has 5 heteroatoms. The fourth-order valence-corrected chi connectivity index (χ4v) is 2.78. The van der Waals surface area contributed by atoms with E-state index in [1.54, 1.807) is 11.9 Å². The van der Waals surface area contributed by atoms with E-state index in [2.05, 4.69) is 18.5 Å². The van der Waals surface area contributed by atoms with Crippen LogP contribution in [0.25, 0.3) is 0 Å². The van der Waals surface area contributed by atoms with Gasteiger partial charge in [-0.05, 0) is 23.6 Å². The Bertz CT molecular complexity index is 516. The van der Waals surface area contributed by atoms with Crippen LogP contribution in [-0.2, 0) is 22.6 Å². The van der Waals surface area contributed by atoms with Crippen LogP contribution in [0.15, 0.2) is 18.2 Å². The number of rotatable bonds is 8. The van der Waals surface area contributed by atoms with Gasteiger partial charge in [-0.1, -0.05) is 25.5 Å². The zero-order chi connectivity index (χ0) is 15.2. The number of aryl methyl sites for hydroxylation is 1. The second-order valence-electron chi connectivity index (χ2n) is 5.15. The summed E-state index contributed by atoms with van der Waals surface area (Å²) in [6.45, 7) is 2.68. The van der Waals surface area contributed by atoms with Crippen molar-refractivity contribution in [2.45, 2.75) is 45.4 Å². The van der Waals surface area contributed by atoms with Gasteiger partial charge in [-0.25, -0.2) is 5.48 Å². The molecule has 1 N–H and O–H groups in total. The summed E-state index contributed by atoms with van der Waals surface area (Å²) < 4.78 is 0. The third-order valence-electron chi connectivity index (χ3n) is 3.75. The first-order chi connectivity index (χ1) is 10.2. The molecule has 0 aromatic heterocycles. The minimum atomic E-state index is -0.422. The summed E-state index contributed by atoms with van der Waals surface area (Å²) in [6.07, 6.45) is 3.31. The molecule has 5 nitrogen and oxygen atoms in total. The van der Waals surface area contributed by atoms with Crippen molar-refractivity contribution in [1.82, 2.24) is 10.4 Å². The molecule has 1 aliphatic heterocycles. The standard InChI is InChI=1S/C16H22N2O3/c1-3-6-12-7-4-8-13-14(12)11-18(16(13)20)15(21-17-2)9-5-10-19/h4,7-8,10,15,17H,3,5-6,9,11H2,1-2H3. The van der Waals surface area contributed by atoms with Gasteiger partial charge in [0, 0.05) is 32.0 Å². The number of hydroxylamine groups is 1. The first-order valence-electron chi connectivity index (χ1n) is 7.40. The molecule has 1 aromatic rings.